The first-order valence-corrected chi connectivity index (χ1v) is 6.31. The van der Waals surface area contributed by atoms with Crippen LogP contribution in [-0.2, 0) is 9.47 Å². The van der Waals surface area contributed by atoms with Gasteiger partial charge in [-0.2, -0.15) is 0 Å². The molecule has 17 heavy (non-hydrogen) atoms. The quantitative estimate of drug-likeness (QED) is 0.800. The zero-order valence-corrected chi connectivity index (χ0v) is 11.1. The molecule has 3 nitrogen and oxygen atoms in total. The Morgan fingerprint density at radius 1 is 1.35 bits per heavy atom. The normalized spacial score (nSPS) is 24.3. The van der Waals surface area contributed by atoms with Gasteiger partial charge in [-0.3, -0.25) is 0 Å². The molecule has 4 heteroatoms. The molecule has 0 saturated carbocycles. The minimum absolute atomic E-state index is 0.0257. The van der Waals surface area contributed by atoms with Crippen molar-refractivity contribution in [3.05, 3.63) is 41.4 Å². The summed E-state index contributed by atoms with van der Waals surface area (Å²) < 4.78 is 17.8. The minimum atomic E-state index is -0.0320. The van der Waals surface area contributed by atoms with Gasteiger partial charge in [0.15, 0.2) is 0 Å². The minimum Gasteiger partial charge on any atom is -0.491 e. The van der Waals surface area contributed by atoms with Crippen LogP contribution in [0, 0.1) is 0 Å². The van der Waals surface area contributed by atoms with Crippen LogP contribution in [0.3, 0.4) is 0 Å². The number of rotatable bonds is 4. The molecule has 92 valence electrons. The summed E-state index contributed by atoms with van der Waals surface area (Å²) >= 11 is 3.38. The first-order valence-electron chi connectivity index (χ1n) is 5.52. The van der Waals surface area contributed by atoms with Crippen molar-refractivity contribution in [2.45, 2.75) is 12.2 Å². The zero-order valence-electron chi connectivity index (χ0n) is 9.47. The molecular weight excluding hydrogens is 284 g/mol. The van der Waals surface area contributed by atoms with E-state index in [0.717, 1.165) is 10.2 Å². The van der Waals surface area contributed by atoms with Crippen molar-refractivity contribution < 1.29 is 14.2 Å². The number of hydrogen-bond donors (Lipinski definition) is 0. The highest BCUT2D eigenvalue weighted by molar-refractivity contribution is 9.10. The van der Waals surface area contributed by atoms with Gasteiger partial charge in [0.1, 0.15) is 18.5 Å². The zero-order chi connectivity index (χ0) is 12.1. The van der Waals surface area contributed by atoms with Crippen molar-refractivity contribution in [3.63, 3.8) is 0 Å². The monoisotopic (exact) mass is 298 g/mol. The van der Waals surface area contributed by atoms with Gasteiger partial charge in [-0.15, -0.1) is 6.58 Å². The third-order valence-electron chi connectivity index (χ3n) is 2.47. The lowest BCUT2D eigenvalue weighted by Gasteiger charge is -2.28. The van der Waals surface area contributed by atoms with Crippen LogP contribution in [0.4, 0.5) is 0 Å². The van der Waals surface area contributed by atoms with E-state index in [2.05, 4.69) is 22.5 Å². The first kappa shape index (κ1) is 12.6. The first-order chi connectivity index (χ1) is 8.28. The third-order valence-corrected chi connectivity index (χ3v) is 2.99. The maximum absolute atomic E-state index is 5.70. The van der Waals surface area contributed by atoms with Crippen molar-refractivity contribution in [2.24, 2.45) is 0 Å². The van der Waals surface area contributed by atoms with E-state index in [1.54, 1.807) is 6.08 Å². The maximum atomic E-state index is 5.70. The molecule has 0 bridgehead atoms. The number of hydrogen-bond acceptors (Lipinski definition) is 3. The van der Waals surface area contributed by atoms with E-state index in [1.165, 1.54) is 0 Å². The Bertz CT molecular complexity index is 363. The Labute approximate surface area is 109 Å². The number of halogens is 1. The second-order valence-corrected chi connectivity index (χ2v) is 4.75. The van der Waals surface area contributed by atoms with Crippen LogP contribution in [0.2, 0.25) is 0 Å². The molecule has 0 amide bonds. The lowest BCUT2D eigenvalue weighted by molar-refractivity contribution is -0.130. The standard InChI is InChI=1S/C13H15BrO3/c1-2-11-7-15-8-13(17-11)9-16-12-5-3-10(14)4-6-12/h2-6,11,13H,1,7-9H2/t11?,13-/m0/s1. The molecule has 0 aromatic heterocycles. The van der Waals surface area contributed by atoms with Crippen LogP contribution >= 0.6 is 15.9 Å². The fraction of sp³-hybridized carbons (Fsp3) is 0.385. The van der Waals surface area contributed by atoms with Crippen LogP contribution in [0.25, 0.3) is 0 Å². The number of ether oxygens (including phenoxy) is 3. The topological polar surface area (TPSA) is 27.7 Å². The summed E-state index contributed by atoms with van der Waals surface area (Å²) in [6, 6.07) is 7.72. The van der Waals surface area contributed by atoms with Crippen molar-refractivity contribution >= 4 is 15.9 Å². The van der Waals surface area contributed by atoms with E-state index >= 15 is 0 Å². The summed E-state index contributed by atoms with van der Waals surface area (Å²) in [6.45, 7) is 5.34. The average Bonchev–Trinajstić information content (AvgIpc) is 2.38. The van der Waals surface area contributed by atoms with E-state index < -0.39 is 0 Å². The molecule has 1 unspecified atom stereocenters. The van der Waals surface area contributed by atoms with E-state index in [4.69, 9.17) is 14.2 Å². The highest BCUT2D eigenvalue weighted by Gasteiger charge is 2.21. The molecule has 1 aromatic carbocycles. The molecule has 0 N–H and O–H groups in total. The molecule has 1 fully saturated rings. The van der Waals surface area contributed by atoms with Crippen molar-refractivity contribution in [1.29, 1.82) is 0 Å². The largest absolute Gasteiger partial charge is 0.491 e. The van der Waals surface area contributed by atoms with Gasteiger partial charge in [-0.25, -0.2) is 0 Å². The summed E-state index contributed by atoms with van der Waals surface area (Å²) in [7, 11) is 0. The van der Waals surface area contributed by atoms with Gasteiger partial charge in [0, 0.05) is 4.47 Å². The summed E-state index contributed by atoms with van der Waals surface area (Å²) in [6.07, 6.45) is 1.70. The van der Waals surface area contributed by atoms with Crippen LogP contribution in [0.15, 0.2) is 41.4 Å². The van der Waals surface area contributed by atoms with Crippen LogP contribution in [-0.4, -0.2) is 32.0 Å². The molecule has 0 aliphatic carbocycles. The van der Waals surface area contributed by atoms with Gasteiger partial charge in [0.2, 0.25) is 0 Å². The van der Waals surface area contributed by atoms with Gasteiger partial charge < -0.3 is 14.2 Å². The molecule has 0 radical (unpaired) electrons. The maximum Gasteiger partial charge on any atom is 0.119 e. The van der Waals surface area contributed by atoms with E-state index in [9.17, 15) is 0 Å². The number of benzene rings is 1. The van der Waals surface area contributed by atoms with E-state index in [-0.39, 0.29) is 12.2 Å². The van der Waals surface area contributed by atoms with Crippen LogP contribution < -0.4 is 4.74 Å². The van der Waals surface area contributed by atoms with Crippen LogP contribution in [0.5, 0.6) is 5.75 Å². The summed E-state index contributed by atoms with van der Waals surface area (Å²) in [5.41, 5.74) is 0. The Morgan fingerprint density at radius 2 is 2.12 bits per heavy atom. The highest BCUT2D eigenvalue weighted by Crippen LogP contribution is 2.17. The molecule has 0 spiro atoms. The lowest BCUT2D eigenvalue weighted by Crippen LogP contribution is -2.38. The molecular formula is C13H15BrO3. The fourth-order valence-electron chi connectivity index (χ4n) is 1.57. The smallest absolute Gasteiger partial charge is 0.119 e. The lowest BCUT2D eigenvalue weighted by atomic mass is 10.3. The Kier molecular flexibility index (Phi) is 4.59. The fourth-order valence-corrected chi connectivity index (χ4v) is 1.84. The highest BCUT2D eigenvalue weighted by atomic mass is 79.9. The third kappa shape index (κ3) is 3.84. The van der Waals surface area contributed by atoms with Gasteiger partial charge in [-0.1, -0.05) is 22.0 Å². The SMILES string of the molecule is C=CC1COC[C@@H](COc2ccc(Br)cc2)O1. The molecule has 2 atom stereocenters. The summed E-state index contributed by atoms with van der Waals surface area (Å²) in [5, 5.41) is 0. The Hall–Kier alpha value is -0.840. The molecule has 1 aliphatic rings. The van der Waals surface area contributed by atoms with Crippen molar-refractivity contribution in [2.75, 3.05) is 19.8 Å². The Morgan fingerprint density at radius 3 is 2.82 bits per heavy atom. The molecule has 1 aliphatic heterocycles. The Balaban J connectivity index is 1.81. The van der Waals surface area contributed by atoms with E-state index in [1.807, 2.05) is 24.3 Å². The van der Waals surface area contributed by atoms with Crippen molar-refractivity contribution in [1.82, 2.24) is 0 Å². The van der Waals surface area contributed by atoms with E-state index in [0.29, 0.717) is 19.8 Å². The molecule has 1 heterocycles. The van der Waals surface area contributed by atoms with Gasteiger partial charge >= 0.3 is 0 Å². The summed E-state index contributed by atoms with van der Waals surface area (Å²) in [4.78, 5) is 0. The average molecular weight is 299 g/mol. The molecule has 2 rings (SSSR count). The van der Waals surface area contributed by atoms with Crippen molar-refractivity contribution in [3.8, 4) is 5.75 Å². The predicted molar refractivity (Wildman–Crippen MR) is 69.3 cm³/mol. The second-order valence-electron chi connectivity index (χ2n) is 3.83. The molecule has 1 saturated heterocycles. The van der Waals surface area contributed by atoms with Gasteiger partial charge in [0.25, 0.3) is 0 Å². The second kappa shape index (κ2) is 6.19. The predicted octanol–water partition coefficient (Wildman–Crippen LogP) is 2.80. The van der Waals surface area contributed by atoms with Crippen LogP contribution in [0.1, 0.15) is 0 Å². The summed E-state index contributed by atoms with van der Waals surface area (Å²) in [5.74, 6) is 0.831. The van der Waals surface area contributed by atoms with Gasteiger partial charge in [-0.05, 0) is 24.3 Å². The van der Waals surface area contributed by atoms with Gasteiger partial charge in [0.05, 0.1) is 19.3 Å². The molecule has 1 aromatic rings.